The number of thioether (sulfide) groups is 1. The number of hydrogen-bond acceptors (Lipinski definition) is 5. The molecule has 2 aliphatic rings. The molecule has 0 bridgehead atoms. The SMILES string of the molecule is CCCCN1CCCc2cc(CN(CCN3CCOCC3)C(=S)Nc3cccc(SC)c3)ccc21. The average molecular weight is 513 g/mol. The first-order valence-electron chi connectivity index (χ1n) is 13.0. The molecule has 0 spiro atoms. The van der Waals surface area contributed by atoms with Crippen LogP contribution >= 0.6 is 24.0 Å². The molecule has 2 heterocycles. The van der Waals surface area contributed by atoms with Crippen molar-refractivity contribution in [3.8, 4) is 0 Å². The molecule has 5 nitrogen and oxygen atoms in total. The van der Waals surface area contributed by atoms with Crippen molar-refractivity contribution in [3.05, 3.63) is 53.6 Å². The Labute approximate surface area is 221 Å². The van der Waals surface area contributed by atoms with Gasteiger partial charge >= 0.3 is 0 Å². The van der Waals surface area contributed by atoms with Gasteiger partial charge in [0, 0.05) is 62.1 Å². The van der Waals surface area contributed by atoms with Crippen LogP contribution in [-0.4, -0.2) is 73.7 Å². The van der Waals surface area contributed by atoms with Gasteiger partial charge in [-0.3, -0.25) is 4.90 Å². The molecule has 1 saturated heterocycles. The maximum atomic E-state index is 5.95. The van der Waals surface area contributed by atoms with Crippen LogP contribution in [-0.2, 0) is 17.7 Å². The van der Waals surface area contributed by atoms with Crippen LogP contribution < -0.4 is 10.2 Å². The number of nitrogens with zero attached hydrogens (tertiary/aromatic N) is 3. The average Bonchev–Trinajstić information content (AvgIpc) is 2.90. The highest BCUT2D eigenvalue weighted by Crippen LogP contribution is 2.29. The van der Waals surface area contributed by atoms with Crippen molar-refractivity contribution in [1.29, 1.82) is 0 Å². The Morgan fingerprint density at radius 3 is 2.77 bits per heavy atom. The minimum atomic E-state index is 0.791. The minimum Gasteiger partial charge on any atom is -0.379 e. The maximum Gasteiger partial charge on any atom is 0.173 e. The van der Waals surface area contributed by atoms with Crippen molar-refractivity contribution < 1.29 is 4.74 Å². The van der Waals surface area contributed by atoms with Crippen molar-refractivity contribution in [2.75, 3.05) is 69.0 Å². The summed E-state index contributed by atoms with van der Waals surface area (Å²) in [5.74, 6) is 0. The highest BCUT2D eigenvalue weighted by molar-refractivity contribution is 7.98. The standard InChI is InChI=1S/C28H40N4OS2/c1-3-4-12-31-13-6-7-24-20-23(10-11-27(24)31)22-32(15-14-30-16-18-33-19-17-30)28(34)29-25-8-5-9-26(21-25)35-2/h5,8-11,20-21H,3-4,6-7,12-19,22H2,1-2H3,(H,29,34). The van der Waals surface area contributed by atoms with Crippen LogP contribution in [0.4, 0.5) is 11.4 Å². The van der Waals surface area contributed by atoms with Crippen molar-refractivity contribution in [2.45, 2.75) is 44.0 Å². The fraction of sp³-hybridized carbons (Fsp3) is 0.536. The highest BCUT2D eigenvalue weighted by Gasteiger charge is 2.19. The van der Waals surface area contributed by atoms with E-state index in [1.54, 1.807) is 11.8 Å². The molecule has 2 aromatic carbocycles. The van der Waals surface area contributed by atoms with Gasteiger partial charge in [-0.25, -0.2) is 0 Å². The van der Waals surface area contributed by atoms with E-state index in [0.717, 1.165) is 63.3 Å². The smallest absolute Gasteiger partial charge is 0.173 e. The number of benzene rings is 2. The summed E-state index contributed by atoms with van der Waals surface area (Å²) in [5, 5.41) is 4.30. The van der Waals surface area contributed by atoms with Crippen molar-refractivity contribution >= 4 is 40.5 Å². The van der Waals surface area contributed by atoms with Gasteiger partial charge in [-0.15, -0.1) is 11.8 Å². The van der Waals surface area contributed by atoms with Gasteiger partial charge in [-0.2, -0.15) is 0 Å². The zero-order valence-electron chi connectivity index (χ0n) is 21.3. The number of morpholine rings is 1. The highest BCUT2D eigenvalue weighted by atomic mass is 32.2. The zero-order chi connectivity index (χ0) is 24.5. The van der Waals surface area contributed by atoms with Crippen LogP contribution in [0.5, 0.6) is 0 Å². The van der Waals surface area contributed by atoms with Crippen LogP contribution in [0.2, 0.25) is 0 Å². The van der Waals surface area contributed by atoms with E-state index in [-0.39, 0.29) is 0 Å². The Bertz CT molecular complexity index is 964. The van der Waals surface area contributed by atoms with Gasteiger partial charge in [0.05, 0.1) is 13.2 Å². The molecule has 2 aromatic rings. The van der Waals surface area contributed by atoms with Crippen molar-refractivity contribution in [1.82, 2.24) is 9.80 Å². The molecule has 4 rings (SSSR count). The zero-order valence-corrected chi connectivity index (χ0v) is 22.9. The lowest BCUT2D eigenvalue weighted by Gasteiger charge is -2.33. The van der Waals surface area contributed by atoms with Crippen LogP contribution in [0.25, 0.3) is 0 Å². The van der Waals surface area contributed by atoms with Crippen LogP contribution in [0.15, 0.2) is 47.4 Å². The minimum absolute atomic E-state index is 0.791. The second-order valence-corrected chi connectivity index (χ2v) is 10.7. The number of fused-ring (bicyclic) bond motifs is 1. The van der Waals surface area contributed by atoms with Crippen LogP contribution in [0.3, 0.4) is 0 Å². The quantitative estimate of drug-likeness (QED) is 0.333. The number of anilines is 2. The van der Waals surface area contributed by atoms with Gasteiger partial charge in [0.1, 0.15) is 0 Å². The molecule has 0 aliphatic carbocycles. The maximum absolute atomic E-state index is 5.95. The molecule has 190 valence electrons. The fourth-order valence-corrected chi connectivity index (χ4v) is 5.60. The lowest BCUT2D eigenvalue weighted by molar-refractivity contribution is 0.0358. The molecular weight excluding hydrogens is 472 g/mol. The fourth-order valence-electron chi connectivity index (χ4n) is 4.87. The van der Waals surface area contributed by atoms with E-state index >= 15 is 0 Å². The van der Waals surface area contributed by atoms with Crippen LogP contribution in [0.1, 0.15) is 37.3 Å². The molecule has 0 aromatic heterocycles. The van der Waals surface area contributed by atoms with E-state index in [1.807, 2.05) is 0 Å². The van der Waals surface area contributed by atoms with E-state index in [4.69, 9.17) is 17.0 Å². The summed E-state index contributed by atoms with van der Waals surface area (Å²) in [6, 6.07) is 15.6. The van der Waals surface area contributed by atoms with Gasteiger partial charge in [0.15, 0.2) is 5.11 Å². The molecule has 1 fully saturated rings. The molecule has 0 saturated carbocycles. The van der Waals surface area contributed by atoms with Crippen molar-refractivity contribution in [3.63, 3.8) is 0 Å². The Kier molecular flexibility index (Phi) is 10.1. The lowest BCUT2D eigenvalue weighted by atomic mass is 9.98. The number of aryl methyl sites for hydroxylation is 1. The largest absolute Gasteiger partial charge is 0.379 e. The van der Waals surface area contributed by atoms with E-state index in [2.05, 4.69) is 75.7 Å². The van der Waals surface area contributed by atoms with Gasteiger partial charge in [0.2, 0.25) is 0 Å². The molecule has 0 radical (unpaired) electrons. The molecule has 0 amide bonds. The van der Waals surface area contributed by atoms with Gasteiger partial charge in [-0.05, 0) is 73.1 Å². The predicted molar refractivity (Wildman–Crippen MR) is 154 cm³/mol. The first kappa shape index (κ1) is 26.3. The van der Waals surface area contributed by atoms with E-state index < -0.39 is 0 Å². The number of rotatable bonds is 10. The van der Waals surface area contributed by atoms with E-state index in [1.165, 1.54) is 53.9 Å². The second-order valence-electron chi connectivity index (χ2n) is 9.44. The molecule has 0 unspecified atom stereocenters. The third kappa shape index (κ3) is 7.59. The number of unbranched alkanes of at least 4 members (excludes halogenated alkanes) is 1. The van der Waals surface area contributed by atoms with Gasteiger partial charge in [-0.1, -0.05) is 31.5 Å². The molecule has 0 atom stereocenters. The number of thiocarbonyl (C=S) groups is 1. The van der Waals surface area contributed by atoms with Crippen molar-refractivity contribution in [2.24, 2.45) is 0 Å². The summed E-state index contributed by atoms with van der Waals surface area (Å²) in [6.45, 7) is 11.0. The summed E-state index contributed by atoms with van der Waals surface area (Å²) >= 11 is 7.70. The first-order valence-corrected chi connectivity index (χ1v) is 14.7. The Morgan fingerprint density at radius 1 is 1.11 bits per heavy atom. The summed E-state index contributed by atoms with van der Waals surface area (Å²) < 4.78 is 5.54. The topological polar surface area (TPSA) is 31.0 Å². The van der Waals surface area contributed by atoms with Crippen LogP contribution in [0, 0.1) is 0 Å². The molecule has 1 N–H and O–H groups in total. The summed E-state index contributed by atoms with van der Waals surface area (Å²) in [6.07, 6.45) is 7.02. The Balaban J connectivity index is 1.47. The first-order chi connectivity index (χ1) is 17.2. The monoisotopic (exact) mass is 512 g/mol. The van der Waals surface area contributed by atoms with E-state index in [9.17, 15) is 0 Å². The molecule has 35 heavy (non-hydrogen) atoms. The molecule has 7 heteroatoms. The van der Waals surface area contributed by atoms with Gasteiger partial charge in [0.25, 0.3) is 0 Å². The van der Waals surface area contributed by atoms with Gasteiger partial charge < -0.3 is 19.9 Å². The van der Waals surface area contributed by atoms with E-state index in [0.29, 0.717) is 0 Å². The summed E-state index contributed by atoms with van der Waals surface area (Å²) in [5.41, 5.74) is 5.31. The Morgan fingerprint density at radius 2 is 1.97 bits per heavy atom. The number of nitrogens with one attached hydrogen (secondary N) is 1. The molecule has 2 aliphatic heterocycles. The third-order valence-electron chi connectivity index (χ3n) is 6.91. The number of hydrogen-bond donors (Lipinski definition) is 1. The predicted octanol–water partition coefficient (Wildman–Crippen LogP) is 5.49. The third-order valence-corrected chi connectivity index (χ3v) is 8.00. The second kappa shape index (κ2) is 13.5. The molecular formula is C28H40N4OS2. The normalized spacial score (nSPS) is 16.1. The lowest BCUT2D eigenvalue weighted by Crippen LogP contribution is -2.44. The summed E-state index contributed by atoms with van der Waals surface area (Å²) in [7, 11) is 0. The number of ether oxygens (including phenoxy) is 1. The summed E-state index contributed by atoms with van der Waals surface area (Å²) in [4.78, 5) is 8.62. The Hall–Kier alpha value is -1.80.